The van der Waals surface area contributed by atoms with Crippen LogP contribution in [0.2, 0.25) is 0 Å². The number of aromatic nitrogens is 1. The Morgan fingerprint density at radius 2 is 2.24 bits per heavy atom. The van der Waals surface area contributed by atoms with Gasteiger partial charge < -0.3 is 4.90 Å². The lowest BCUT2D eigenvalue weighted by Gasteiger charge is -2.28. The first-order valence-corrected chi connectivity index (χ1v) is 6.42. The standard InChI is InChI=1S/C14H20N2O/c1-11-6-4-3-5-9-16(11)14-10-13(12(2)17)7-8-15-14/h7-8,10-11H,3-6,9H2,1-2H3. The van der Waals surface area contributed by atoms with Gasteiger partial charge in [-0.25, -0.2) is 4.98 Å². The summed E-state index contributed by atoms with van der Waals surface area (Å²) in [5.74, 6) is 1.06. The van der Waals surface area contributed by atoms with Crippen molar-refractivity contribution < 1.29 is 4.79 Å². The van der Waals surface area contributed by atoms with Crippen molar-refractivity contribution in [2.75, 3.05) is 11.4 Å². The van der Waals surface area contributed by atoms with Gasteiger partial charge in [0.2, 0.25) is 0 Å². The van der Waals surface area contributed by atoms with E-state index in [1.54, 1.807) is 19.2 Å². The monoisotopic (exact) mass is 232 g/mol. The fourth-order valence-electron chi connectivity index (χ4n) is 2.41. The van der Waals surface area contributed by atoms with Crippen LogP contribution in [0.15, 0.2) is 18.3 Å². The molecule has 0 saturated carbocycles. The molecule has 1 aromatic heterocycles. The van der Waals surface area contributed by atoms with Crippen LogP contribution < -0.4 is 4.90 Å². The number of nitrogens with zero attached hydrogens (tertiary/aromatic N) is 2. The van der Waals surface area contributed by atoms with E-state index in [0.717, 1.165) is 17.9 Å². The first-order valence-electron chi connectivity index (χ1n) is 6.42. The molecule has 1 aromatic rings. The highest BCUT2D eigenvalue weighted by Gasteiger charge is 2.18. The van der Waals surface area contributed by atoms with E-state index in [-0.39, 0.29) is 5.78 Å². The van der Waals surface area contributed by atoms with E-state index < -0.39 is 0 Å². The predicted octanol–water partition coefficient (Wildman–Crippen LogP) is 3.05. The second kappa shape index (κ2) is 5.30. The second-order valence-electron chi connectivity index (χ2n) is 4.85. The van der Waals surface area contributed by atoms with Gasteiger partial charge in [-0.05, 0) is 38.8 Å². The number of carbonyl (C=O) groups excluding carboxylic acids is 1. The quantitative estimate of drug-likeness (QED) is 0.735. The lowest BCUT2D eigenvalue weighted by atomic mass is 10.1. The second-order valence-corrected chi connectivity index (χ2v) is 4.85. The third kappa shape index (κ3) is 2.84. The van der Waals surface area contributed by atoms with Gasteiger partial charge >= 0.3 is 0 Å². The molecule has 3 heteroatoms. The molecule has 0 spiro atoms. The van der Waals surface area contributed by atoms with Gasteiger partial charge in [0.25, 0.3) is 0 Å². The lowest BCUT2D eigenvalue weighted by Crippen LogP contribution is -2.33. The molecule has 17 heavy (non-hydrogen) atoms. The van der Waals surface area contributed by atoms with E-state index in [4.69, 9.17) is 0 Å². The van der Waals surface area contributed by atoms with E-state index in [2.05, 4.69) is 16.8 Å². The molecule has 1 atom stereocenters. The van der Waals surface area contributed by atoms with Crippen molar-refractivity contribution >= 4 is 11.6 Å². The number of pyridine rings is 1. The van der Waals surface area contributed by atoms with Crippen LogP contribution in [-0.2, 0) is 0 Å². The highest BCUT2D eigenvalue weighted by molar-refractivity contribution is 5.94. The van der Waals surface area contributed by atoms with Gasteiger partial charge in [0.1, 0.15) is 5.82 Å². The Bertz CT molecular complexity index is 403. The Morgan fingerprint density at radius 3 is 3.00 bits per heavy atom. The average molecular weight is 232 g/mol. The van der Waals surface area contributed by atoms with Crippen LogP contribution in [0.5, 0.6) is 0 Å². The molecule has 2 heterocycles. The van der Waals surface area contributed by atoms with Crippen LogP contribution in [0.1, 0.15) is 49.9 Å². The zero-order valence-electron chi connectivity index (χ0n) is 10.6. The fraction of sp³-hybridized carbons (Fsp3) is 0.571. The van der Waals surface area contributed by atoms with Crippen LogP contribution in [-0.4, -0.2) is 23.4 Å². The minimum absolute atomic E-state index is 0.108. The Morgan fingerprint density at radius 1 is 1.41 bits per heavy atom. The van der Waals surface area contributed by atoms with Crippen molar-refractivity contribution in [3.8, 4) is 0 Å². The third-order valence-corrected chi connectivity index (χ3v) is 3.50. The van der Waals surface area contributed by atoms with Gasteiger partial charge in [-0.2, -0.15) is 0 Å². The van der Waals surface area contributed by atoms with E-state index >= 15 is 0 Å². The van der Waals surface area contributed by atoms with Gasteiger partial charge in [-0.1, -0.05) is 12.8 Å². The van der Waals surface area contributed by atoms with Gasteiger partial charge in [-0.3, -0.25) is 4.79 Å². The molecule has 1 saturated heterocycles. The molecular weight excluding hydrogens is 212 g/mol. The highest BCUT2D eigenvalue weighted by Crippen LogP contribution is 2.22. The van der Waals surface area contributed by atoms with Crippen molar-refractivity contribution in [1.82, 2.24) is 4.98 Å². The number of ketones is 1. The van der Waals surface area contributed by atoms with Crippen molar-refractivity contribution in [2.45, 2.75) is 45.6 Å². The summed E-state index contributed by atoms with van der Waals surface area (Å²) in [6.07, 6.45) is 6.77. The summed E-state index contributed by atoms with van der Waals surface area (Å²) in [6.45, 7) is 4.90. The number of carbonyl (C=O) groups is 1. The lowest BCUT2D eigenvalue weighted by molar-refractivity contribution is 0.101. The van der Waals surface area contributed by atoms with Crippen molar-refractivity contribution in [3.63, 3.8) is 0 Å². The molecule has 1 unspecified atom stereocenters. The molecular formula is C14H20N2O. The van der Waals surface area contributed by atoms with Crippen molar-refractivity contribution in [3.05, 3.63) is 23.9 Å². The maximum absolute atomic E-state index is 11.4. The van der Waals surface area contributed by atoms with E-state index in [0.29, 0.717) is 6.04 Å². The molecule has 0 amide bonds. The molecule has 1 aliphatic rings. The molecule has 92 valence electrons. The summed E-state index contributed by atoms with van der Waals surface area (Å²) in [5.41, 5.74) is 0.756. The fourth-order valence-corrected chi connectivity index (χ4v) is 2.41. The Hall–Kier alpha value is -1.38. The first-order chi connectivity index (χ1) is 8.18. The molecule has 1 fully saturated rings. The third-order valence-electron chi connectivity index (χ3n) is 3.50. The number of Topliss-reactive ketones (excluding diaryl/α,β-unsaturated/α-hetero) is 1. The Kier molecular flexibility index (Phi) is 3.77. The largest absolute Gasteiger partial charge is 0.354 e. The maximum atomic E-state index is 11.4. The molecule has 0 N–H and O–H groups in total. The molecule has 0 aromatic carbocycles. The van der Waals surface area contributed by atoms with Crippen LogP contribution in [0, 0.1) is 0 Å². The van der Waals surface area contributed by atoms with E-state index in [1.807, 2.05) is 6.07 Å². The summed E-state index contributed by atoms with van der Waals surface area (Å²) in [4.78, 5) is 18.1. The van der Waals surface area contributed by atoms with Gasteiger partial charge in [0.05, 0.1) is 0 Å². The summed E-state index contributed by atoms with van der Waals surface area (Å²) < 4.78 is 0. The predicted molar refractivity (Wildman–Crippen MR) is 69.5 cm³/mol. The first kappa shape index (κ1) is 12.1. The summed E-state index contributed by atoms with van der Waals surface area (Å²) in [7, 11) is 0. The molecule has 1 aliphatic heterocycles. The normalized spacial score (nSPS) is 21.1. The topological polar surface area (TPSA) is 33.2 Å². The van der Waals surface area contributed by atoms with Crippen LogP contribution in [0.4, 0.5) is 5.82 Å². The summed E-state index contributed by atoms with van der Waals surface area (Å²) in [5, 5.41) is 0. The zero-order chi connectivity index (χ0) is 12.3. The van der Waals surface area contributed by atoms with E-state index in [1.165, 1.54) is 25.7 Å². The summed E-state index contributed by atoms with van der Waals surface area (Å²) in [6, 6.07) is 4.23. The smallest absolute Gasteiger partial charge is 0.159 e. The minimum atomic E-state index is 0.108. The average Bonchev–Trinajstić information content (AvgIpc) is 2.54. The number of hydrogen-bond acceptors (Lipinski definition) is 3. The maximum Gasteiger partial charge on any atom is 0.159 e. The minimum Gasteiger partial charge on any atom is -0.354 e. The van der Waals surface area contributed by atoms with Crippen molar-refractivity contribution in [1.29, 1.82) is 0 Å². The number of rotatable bonds is 2. The van der Waals surface area contributed by atoms with Gasteiger partial charge in [-0.15, -0.1) is 0 Å². The number of hydrogen-bond donors (Lipinski definition) is 0. The molecule has 0 bridgehead atoms. The SMILES string of the molecule is CC(=O)c1ccnc(N2CCCCCC2C)c1. The van der Waals surface area contributed by atoms with Crippen LogP contribution >= 0.6 is 0 Å². The van der Waals surface area contributed by atoms with Crippen molar-refractivity contribution in [2.24, 2.45) is 0 Å². The van der Waals surface area contributed by atoms with Crippen LogP contribution in [0.25, 0.3) is 0 Å². The van der Waals surface area contributed by atoms with Crippen LogP contribution in [0.3, 0.4) is 0 Å². The number of anilines is 1. The Labute approximate surface area is 103 Å². The molecule has 2 rings (SSSR count). The van der Waals surface area contributed by atoms with Gasteiger partial charge in [0.15, 0.2) is 5.78 Å². The highest BCUT2D eigenvalue weighted by atomic mass is 16.1. The molecule has 3 nitrogen and oxygen atoms in total. The van der Waals surface area contributed by atoms with Gasteiger partial charge in [0, 0.05) is 24.3 Å². The summed E-state index contributed by atoms with van der Waals surface area (Å²) >= 11 is 0. The molecule has 0 radical (unpaired) electrons. The molecule has 0 aliphatic carbocycles. The zero-order valence-corrected chi connectivity index (χ0v) is 10.6. The Balaban J connectivity index is 2.25. The van der Waals surface area contributed by atoms with E-state index in [9.17, 15) is 4.79 Å².